The molecule has 0 unspecified atom stereocenters. The maximum atomic E-state index is 12.8. The van der Waals surface area contributed by atoms with Gasteiger partial charge in [0.2, 0.25) is 0 Å². The third kappa shape index (κ3) is 3.55. The van der Waals surface area contributed by atoms with Crippen molar-refractivity contribution in [2.24, 2.45) is 5.92 Å². The molecule has 20 heavy (non-hydrogen) atoms. The minimum Gasteiger partial charge on any atom is -0.195 e. The van der Waals surface area contributed by atoms with Crippen molar-refractivity contribution in [3.05, 3.63) is 0 Å². The summed E-state index contributed by atoms with van der Waals surface area (Å²) in [5.41, 5.74) is 0. The number of hydrogen-bond donors (Lipinski definition) is 0. The summed E-state index contributed by atoms with van der Waals surface area (Å²) >= 11 is 0. The number of hydrogen-bond acceptors (Lipinski definition) is 2. The molecule has 0 atom stereocenters. The van der Waals surface area contributed by atoms with Gasteiger partial charge in [-0.2, -0.15) is 17.0 Å². The Bertz CT molecular complexity index is 396. The van der Waals surface area contributed by atoms with Crippen LogP contribution in [0.3, 0.4) is 0 Å². The van der Waals surface area contributed by atoms with E-state index in [4.69, 9.17) is 0 Å². The molecule has 118 valence electrons. The van der Waals surface area contributed by atoms with Gasteiger partial charge in [-0.15, -0.1) is 0 Å². The lowest BCUT2D eigenvalue weighted by atomic mass is 9.87. The topological polar surface area (TPSA) is 40.6 Å². The molecule has 2 aliphatic rings. The summed E-state index contributed by atoms with van der Waals surface area (Å²) in [5, 5.41) is 0. The van der Waals surface area contributed by atoms with Crippen molar-refractivity contribution in [1.29, 1.82) is 0 Å². The van der Waals surface area contributed by atoms with Crippen LogP contribution in [0.5, 0.6) is 0 Å². The normalized spacial score (nSPS) is 30.1. The smallest absolute Gasteiger partial charge is 0.195 e. The molecule has 5 heteroatoms. The molecule has 0 heterocycles. The van der Waals surface area contributed by atoms with Crippen molar-refractivity contribution < 1.29 is 8.42 Å². The van der Waals surface area contributed by atoms with E-state index in [-0.39, 0.29) is 12.1 Å². The highest BCUT2D eigenvalue weighted by atomic mass is 32.2. The summed E-state index contributed by atoms with van der Waals surface area (Å²) < 4.78 is 28.8. The second-order valence-corrected chi connectivity index (χ2v) is 8.79. The zero-order valence-electron chi connectivity index (χ0n) is 13.2. The Hall–Kier alpha value is -0.130. The molecule has 0 aromatic rings. The molecule has 0 aromatic heterocycles. The summed E-state index contributed by atoms with van der Waals surface area (Å²) in [7, 11) is 0.255. The standard InChI is InChI=1S/C15H30N2O2S/c1-13-9-11-15(12-10-13)17(3)20(18,19)16(2)14-7-5-4-6-8-14/h13-15H,4-12H2,1-3H3. The van der Waals surface area contributed by atoms with Gasteiger partial charge in [0.1, 0.15) is 0 Å². The number of nitrogens with zero attached hydrogens (tertiary/aromatic N) is 2. The SMILES string of the molecule is CC1CCC(N(C)S(=O)(=O)N(C)C2CCCCC2)CC1. The van der Waals surface area contributed by atoms with Gasteiger partial charge in [0, 0.05) is 26.2 Å². The molecule has 0 spiro atoms. The van der Waals surface area contributed by atoms with Gasteiger partial charge >= 0.3 is 0 Å². The van der Waals surface area contributed by atoms with Crippen molar-refractivity contribution in [1.82, 2.24) is 8.61 Å². The third-order valence-corrected chi connectivity index (χ3v) is 7.37. The molecule has 4 nitrogen and oxygen atoms in total. The average molecular weight is 302 g/mol. The highest BCUT2D eigenvalue weighted by molar-refractivity contribution is 7.86. The lowest BCUT2D eigenvalue weighted by molar-refractivity contribution is 0.218. The monoisotopic (exact) mass is 302 g/mol. The van der Waals surface area contributed by atoms with E-state index < -0.39 is 10.2 Å². The van der Waals surface area contributed by atoms with Gasteiger partial charge in [-0.1, -0.05) is 26.2 Å². The zero-order valence-corrected chi connectivity index (χ0v) is 14.0. The Morgan fingerprint density at radius 1 is 0.750 bits per heavy atom. The summed E-state index contributed by atoms with van der Waals surface area (Å²) in [6, 6.07) is 0.404. The van der Waals surface area contributed by atoms with Gasteiger partial charge in [-0.3, -0.25) is 0 Å². The molecule has 0 N–H and O–H groups in total. The summed E-state index contributed by atoms with van der Waals surface area (Å²) in [6.07, 6.45) is 9.93. The van der Waals surface area contributed by atoms with Crippen LogP contribution in [-0.2, 0) is 10.2 Å². The van der Waals surface area contributed by atoms with Crippen molar-refractivity contribution in [3.8, 4) is 0 Å². The van der Waals surface area contributed by atoms with E-state index in [2.05, 4.69) is 6.92 Å². The zero-order chi connectivity index (χ0) is 14.8. The fourth-order valence-corrected chi connectivity index (χ4v) is 5.21. The molecule has 0 saturated heterocycles. The van der Waals surface area contributed by atoms with Crippen LogP contribution in [0.25, 0.3) is 0 Å². The molecule has 0 bridgehead atoms. The molecule has 2 aliphatic carbocycles. The molecule has 0 aromatic carbocycles. The molecule has 2 saturated carbocycles. The van der Waals surface area contributed by atoms with E-state index in [9.17, 15) is 8.42 Å². The van der Waals surface area contributed by atoms with Crippen molar-refractivity contribution in [2.75, 3.05) is 14.1 Å². The fraction of sp³-hybridized carbons (Fsp3) is 1.00. The Morgan fingerprint density at radius 2 is 1.20 bits per heavy atom. The fourth-order valence-electron chi connectivity index (χ4n) is 3.63. The van der Waals surface area contributed by atoms with E-state index in [1.807, 2.05) is 0 Å². The molecular weight excluding hydrogens is 272 g/mol. The van der Waals surface area contributed by atoms with Crippen LogP contribution < -0.4 is 0 Å². The van der Waals surface area contributed by atoms with Crippen LogP contribution in [0.4, 0.5) is 0 Å². The second-order valence-electron chi connectivity index (χ2n) is 6.75. The van der Waals surface area contributed by atoms with Crippen molar-refractivity contribution in [3.63, 3.8) is 0 Å². The molecule has 2 fully saturated rings. The third-order valence-electron chi connectivity index (χ3n) is 5.32. The van der Waals surface area contributed by atoms with Crippen molar-refractivity contribution >= 4 is 10.2 Å². The maximum absolute atomic E-state index is 12.8. The van der Waals surface area contributed by atoms with Crippen LogP contribution >= 0.6 is 0 Å². The summed E-state index contributed by atoms with van der Waals surface area (Å²) in [5.74, 6) is 0.749. The molecule has 0 aliphatic heterocycles. The lowest BCUT2D eigenvalue weighted by Gasteiger charge is -2.38. The van der Waals surface area contributed by atoms with Crippen LogP contribution in [0.1, 0.15) is 64.7 Å². The first-order valence-corrected chi connectivity index (χ1v) is 9.53. The summed E-state index contributed by atoms with van der Waals surface area (Å²) in [6.45, 7) is 2.26. The first-order valence-electron chi connectivity index (χ1n) is 8.14. The molecule has 2 rings (SSSR count). The lowest BCUT2D eigenvalue weighted by Crippen LogP contribution is -2.49. The van der Waals surface area contributed by atoms with Crippen LogP contribution in [0.15, 0.2) is 0 Å². The molecule has 0 radical (unpaired) electrons. The average Bonchev–Trinajstić information content (AvgIpc) is 2.47. The predicted molar refractivity (Wildman–Crippen MR) is 82.7 cm³/mol. The number of rotatable bonds is 4. The van der Waals surface area contributed by atoms with Crippen LogP contribution in [-0.4, -0.2) is 43.2 Å². The molecular formula is C15H30N2O2S. The predicted octanol–water partition coefficient (Wildman–Crippen LogP) is 3.01. The molecule has 0 amide bonds. The largest absolute Gasteiger partial charge is 0.281 e. The first kappa shape index (κ1) is 16.2. The van der Waals surface area contributed by atoms with Crippen LogP contribution in [0.2, 0.25) is 0 Å². The highest BCUT2D eigenvalue weighted by Crippen LogP contribution is 2.30. The highest BCUT2D eigenvalue weighted by Gasteiger charge is 2.35. The second kappa shape index (κ2) is 6.75. The van der Waals surface area contributed by atoms with Gasteiger partial charge in [0.25, 0.3) is 10.2 Å². The van der Waals surface area contributed by atoms with Gasteiger partial charge in [0.05, 0.1) is 0 Å². The van der Waals surface area contributed by atoms with Gasteiger partial charge in [-0.05, 0) is 44.4 Å². The Balaban J connectivity index is 2.00. The quantitative estimate of drug-likeness (QED) is 0.801. The van der Waals surface area contributed by atoms with E-state index >= 15 is 0 Å². The Kier molecular flexibility index (Phi) is 5.49. The minimum atomic E-state index is -3.29. The first-order chi connectivity index (χ1) is 9.43. The minimum absolute atomic E-state index is 0.197. The van der Waals surface area contributed by atoms with E-state index in [1.54, 1.807) is 22.7 Å². The van der Waals surface area contributed by atoms with Gasteiger partial charge in [-0.25, -0.2) is 0 Å². The van der Waals surface area contributed by atoms with Gasteiger partial charge in [0.15, 0.2) is 0 Å². The van der Waals surface area contributed by atoms with E-state index in [1.165, 1.54) is 6.42 Å². The van der Waals surface area contributed by atoms with E-state index in [0.717, 1.165) is 57.3 Å². The summed E-state index contributed by atoms with van der Waals surface area (Å²) in [4.78, 5) is 0. The Morgan fingerprint density at radius 3 is 1.70 bits per heavy atom. The van der Waals surface area contributed by atoms with Gasteiger partial charge < -0.3 is 0 Å². The van der Waals surface area contributed by atoms with Crippen molar-refractivity contribution in [2.45, 2.75) is 76.8 Å². The van der Waals surface area contributed by atoms with E-state index in [0.29, 0.717) is 0 Å². The Labute approximate surface area is 124 Å². The maximum Gasteiger partial charge on any atom is 0.281 e. The van der Waals surface area contributed by atoms with Crippen LogP contribution in [0, 0.1) is 5.92 Å².